The summed E-state index contributed by atoms with van der Waals surface area (Å²) in [6.07, 6.45) is 1.77. The van der Waals surface area contributed by atoms with E-state index in [2.05, 4.69) is 15.9 Å². The first-order valence-corrected chi connectivity index (χ1v) is 14.9. The van der Waals surface area contributed by atoms with Crippen molar-refractivity contribution in [3.8, 4) is 5.75 Å². The first kappa shape index (κ1) is 29.2. The van der Waals surface area contributed by atoms with E-state index < -0.39 is 18.0 Å². The van der Waals surface area contributed by atoms with Gasteiger partial charge in [-0.05, 0) is 59.1 Å². The van der Waals surface area contributed by atoms with Gasteiger partial charge < -0.3 is 14.2 Å². The second-order valence-electron chi connectivity index (χ2n) is 9.13. The Labute approximate surface area is 254 Å². The van der Waals surface area contributed by atoms with Crippen molar-refractivity contribution in [1.82, 2.24) is 4.57 Å². The van der Waals surface area contributed by atoms with Crippen LogP contribution < -0.4 is 19.6 Å². The normalized spacial score (nSPS) is 14.6. The Morgan fingerprint density at radius 2 is 1.67 bits per heavy atom. The number of fused-ring (bicyclic) bond motifs is 1. The summed E-state index contributed by atoms with van der Waals surface area (Å²) >= 11 is 4.73. The molecule has 42 heavy (non-hydrogen) atoms. The predicted molar refractivity (Wildman–Crippen MR) is 164 cm³/mol. The fourth-order valence-corrected chi connectivity index (χ4v) is 6.12. The molecule has 0 fully saturated rings. The molecular weight excluding hydrogens is 620 g/mol. The molecule has 0 bridgehead atoms. The molecule has 10 heteroatoms. The molecule has 0 spiro atoms. The molecule has 8 nitrogen and oxygen atoms in total. The first-order valence-electron chi connectivity index (χ1n) is 13.3. The zero-order chi connectivity index (χ0) is 29.6. The molecule has 2 heterocycles. The maximum atomic E-state index is 14.0. The molecule has 4 aromatic rings. The highest BCUT2D eigenvalue weighted by Gasteiger charge is 2.35. The van der Waals surface area contributed by atoms with E-state index in [1.807, 2.05) is 60.7 Å². The second-order valence-corrected chi connectivity index (χ2v) is 11.0. The lowest BCUT2D eigenvalue weighted by Gasteiger charge is -2.25. The smallest absolute Gasteiger partial charge is 0.344 e. The molecule has 0 aliphatic carbocycles. The molecule has 1 aliphatic heterocycles. The van der Waals surface area contributed by atoms with Crippen molar-refractivity contribution >= 4 is 51.0 Å². The summed E-state index contributed by atoms with van der Waals surface area (Å²) in [6, 6.07) is 23.4. The van der Waals surface area contributed by atoms with Crippen LogP contribution in [0, 0.1) is 0 Å². The Kier molecular flexibility index (Phi) is 9.14. The summed E-state index contributed by atoms with van der Waals surface area (Å²) < 4.78 is 18.6. The second kappa shape index (κ2) is 13.1. The fourth-order valence-electron chi connectivity index (χ4n) is 4.61. The van der Waals surface area contributed by atoms with E-state index in [9.17, 15) is 14.4 Å². The van der Waals surface area contributed by atoms with Gasteiger partial charge in [0.1, 0.15) is 5.75 Å². The summed E-state index contributed by atoms with van der Waals surface area (Å²) in [7, 11) is 0. The number of hydrogen-bond donors (Lipinski definition) is 0. The minimum atomic E-state index is -0.732. The quantitative estimate of drug-likeness (QED) is 0.246. The number of nitrogens with zero attached hydrogens (tertiary/aromatic N) is 2. The Morgan fingerprint density at radius 1 is 0.976 bits per heavy atom. The lowest BCUT2D eigenvalue weighted by atomic mass is 9.93. The Morgan fingerprint density at radius 3 is 2.33 bits per heavy atom. The number of carbonyl (C=O) groups is 2. The molecule has 0 unspecified atom stereocenters. The van der Waals surface area contributed by atoms with Crippen LogP contribution in [-0.2, 0) is 19.1 Å². The Bertz CT molecular complexity index is 1830. The van der Waals surface area contributed by atoms with Crippen LogP contribution in [0.3, 0.4) is 0 Å². The van der Waals surface area contributed by atoms with E-state index in [4.69, 9.17) is 19.2 Å². The lowest BCUT2D eigenvalue weighted by Crippen LogP contribution is -2.39. The molecule has 214 valence electrons. The van der Waals surface area contributed by atoms with Crippen LogP contribution in [0.1, 0.15) is 36.6 Å². The van der Waals surface area contributed by atoms with Crippen molar-refractivity contribution in [3.05, 3.63) is 125 Å². The predicted octanol–water partition coefficient (Wildman–Crippen LogP) is 4.64. The van der Waals surface area contributed by atoms with Gasteiger partial charge in [0, 0.05) is 5.56 Å². The average molecular weight is 648 g/mol. The number of esters is 2. The summed E-state index contributed by atoms with van der Waals surface area (Å²) in [6.45, 7) is 3.73. The van der Waals surface area contributed by atoms with E-state index in [0.717, 1.165) is 16.7 Å². The molecule has 3 aromatic carbocycles. The standard InChI is InChI=1S/C32H27BrN2O6S/c1-3-39-26(36)19-41-24-16-15-20(17-23(24)33)18-25-30(37)35-29(22-13-9-6-10-14-22)27(31(38)40-4-2)28(34-32(35)42-25)21-11-7-5-8-12-21/h5-18,29H,3-4,19H2,1-2H3/b25-18-/t29-/m0/s1. The van der Waals surface area contributed by atoms with Gasteiger partial charge in [0.05, 0.1) is 39.5 Å². The number of aromatic nitrogens is 1. The third kappa shape index (κ3) is 6.14. The number of carbonyl (C=O) groups excluding carboxylic acids is 2. The maximum Gasteiger partial charge on any atom is 0.344 e. The van der Waals surface area contributed by atoms with Crippen molar-refractivity contribution in [3.63, 3.8) is 0 Å². The third-order valence-electron chi connectivity index (χ3n) is 6.39. The lowest BCUT2D eigenvalue weighted by molar-refractivity contribution is -0.145. The van der Waals surface area contributed by atoms with Gasteiger partial charge in [-0.15, -0.1) is 0 Å². The highest BCUT2D eigenvalue weighted by atomic mass is 79.9. The van der Waals surface area contributed by atoms with Gasteiger partial charge >= 0.3 is 11.9 Å². The Balaban J connectivity index is 1.64. The topological polar surface area (TPSA) is 96.2 Å². The van der Waals surface area contributed by atoms with E-state index in [-0.39, 0.29) is 25.4 Å². The monoisotopic (exact) mass is 646 g/mol. The molecule has 0 amide bonds. The van der Waals surface area contributed by atoms with Crippen LogP contribution >= 0.6 is 27.3 Å². The van der Waals surface area contributed by atoms with E-state index in [1.165, 1.54) is 11.3 Å². The highest BCUT2D eigenvalue weighted by Crippen LogP contribution is 2.35. The third-order valence-corrected chi connectivity index (χ3v) is 8.00. The molecule has 0 saturated carbocycles. The van der Waals surface area contributed by atoms with Crippen LogP contribution in [0.4, 0.5) is 0 Å². The van der Waals surface area contributed by atoms with Crippen molar-refractivity contribution in [2.45, 2.75) is 19.9 Å². The number of thiazole rings is 1. The number of rotatable bonds is 9. The van der Waals surface area contributed by atoms with Crippen molar-refractivity contribution < 1.29 is 23.8 Å². The molecule has 1 aromatic heterocycles. The summed E-state index contributed by atoms with van der Waals surface area (Å²) in [4.78, 5) is 44.5. The molecule has 1 atom stereocenters. The summed E-state index contributed by atoms with van der Waals surface area (Å²) in [5.74, 6) is -0.512. The molecule has 1 aliphatic rings. The minimum Gasteiger partial charge on any atom is -0.481 e. The number of halogens is 1. The molecule has 0 N–H and O–H groups in total. The van der Waals surface area contributed by atoms with Crippen LogP contribution in [0.15, 0.2) is 98.7 Å². The van der Waals surface area contributed by atoms with Gasteiger partial charge in [-0.25, -0.2) is 14.6 Å². The summed E-state index contributed by atoms with van der Waals surface area (Å²) in [5, 5.41) is 0. The average Bonchev–Trinajstić information content (AvgIpc) is 3.31. The van der Waals surface area contributed by atoms with Gasteiger partial charge in [-0.2, -0.15) is 0 Å². The molecule has 0 radical (unpaired) electrons. The molecule has 0 saturated heterocycles. The van der Waals surface area contributed by atoms with Crippen molar-refractivity contribution in [1.29, 1.82) is 0 Å². The zero-order valence-electron chi connectivity index (χ0n) is 22.9. The largest absolute Gasteiger partial charge is 0.481 e. The van der Waals surface area contributed by atoms with Crippen molar-refractivity contribution in [2.24, 2.45) is 4.99 Å². The number of hydrogen-bond acceptors (Lipinski definition) is 8. The highest BCUT2D eigenvalue weighted by molar-refractivity contribution is 9.10. The van der Waals surface area contributed by atoms with Gasteiger partial charge in [0.15, 0.2) is 11.4 Å². The van der Waals surface area contributed by atoms with E-state index in [0.29, 0.717) is 30.8 Å². The van der Waals surface area contributed by atoms with Crippen LogP contribution in [0.25, 0.3) is 11.8 Å². The van der Waals surface area contributed by atoms with E-state index in [1.54, 1.807) is 42.7 Å². The number of benzene rings is 3. The van der Waals surface area contributed by atoms with Crippen molar-refractivity contribution in [2.75, 3.05) is 19.8 Å². The molecule has 5 rings (SSSR count). The first-order chi connectivity index (χ1) is 20.4. The maximum absolute atomic E-state index is 14.0. The fraction of sp³-hybridized carbons (Fsp3) is 0.188. The SMILES string of the molecule is CCOC(=O)COc1ccc(/C=c2\sc3n(c2=O)[C@@H](c2ccccc2)C(C(=O)OCC)=C(c2ccccc2)N=3)cc1Br. The van der Waals surface area contributed by atoms with Gasteiger partial charge in [-0.3, -0.25) is 9.36 Å². The minimum absolute atomic E-state index is 0.185. The van der Waals surface area contributed by atoms with Crippen LogP contribution in [-0.4, -0.2) is 36.3 Å². The zero-order valence-corrected chi connectivity index (χ0v) is 25.3. The van der Waals surface area contributed by atoms with Gasteiger partial charge in [0.25, 0.3) is 5.56 Å². The molecular formula is C32H27BrN2O6S. The number of ether oxygens (including phenoxy) is 3. The van der Waals surface area contributed by atoms with Crippen LogP contribution in [0.5, 0.6) is 5.75 Å². The van der Waals surface area contributed by atoms with Gasteiger partial charge in [0.2, 0.25) is 0 Å². The van der Waals surface area contributed by atoms with E-state index >= 15 is 0 Å². The van der Waals surface area contributed by atoms with Crippen LogP contribution in [0.2, 0.25) is 0 Å². The Hall–Kier alpha value is -4.28. The summed E-state index contributed by atoms with van der Waals surface area (Å²) in [5.41, 5.74) is 2.75. The van der Waals surface area contributed by atoms with Gasteiger partial charge in [-0.1, -0.05) is 78.1 Å².